The van der Waals surface area contributed by atoms with Gasteiger partial charge in [0.15, 0.2) is 0 Å². The van der Waals surface area contributed by atoms with Gasteiger partial charge in [0.25, 0.3) is 5.56 Å². The molecule has 0 amide bonds. The van der Waals surface area contributed by atoms with Crippen molar-refractivity contribution in [3.63, 3.8) is 0 Å². The summed E-state index contributed by atoms with van der Waals surface area (Å²) in [5, 5.41) is 3.89. The molecule has 6 nitrogen and oxygen atoms in total. The summed E-state index contributed by atoms with van der Waals surface area (Å²) in [6, 6.07) is 35.4. The molecule has 3 heterocycles. The molecule has 1 unspecified atom stereocenters. The Hall–Kier alpha value is -6.11. The highest BCUT2D eigenvalue weighted by Crippen LogP contribution is 2.46. The second-order valence-corrected chi connectivity index (χ2v) is 15.8. The van der Waals surface area contributed by atoms with Crippen LogP contribution in [0, 0.1) is 11.8 Å². The van der Waals surface area contributed by atoms with Crippen molar-refractivity contribution >= 4 is 64.5 Å². The van der Waals surface area contributed by atoms with Crippen LogP contribution in [0.1, 0.15) is 12.0 Å². The van der Waals surface area contributed by atoms with Gasteiger partial charge in [-0.2, -0.15) is 0 Å². The first-order chi connectivity index (χ1) is 25.3. The lowest BCUT2D eigenvalue weighted by Gasteiger charge is -2.14. The smallest absolute Gasteiger partial charge is 0.263 e. The summed E-state index contributed by atoms with van der Waals surface area (Å²) in [5.74, 6) is 6.12. The predicted molar refractivity (Wildman–Crippen MR) is 206 cm³/mol. The van der Waals surface area contributed by atoms with Gasteiger partial charge in [-0.05, 0) is 93.3 Å². The number of sulfone groups is 1. The van der Waals surface area contributed by atoms with E-state index in [0.29, 0.717) is 44.5 Å². The van der Waals surface area contributed by atoms with Crippen LogP contribution in [-0.4, -0.2) is 21.6 Å². The lowest BCUT2D eigenvalue weighted by atomic mass is 9.95. The lowest BCUT2D eigenvalue weighted by Crippen LogP contribution is -2.12. The number of pyridine rings is 1. The Morgan fingerprint density at radius 3 is 2.13 bits per heavy atom. The van der Waals surface area contributed by atoms with Crippen LogP contribution >= 0.6 is 0 Å². The Balaban J connectivity index is 1.22. The van der Waals surface area contributed by atoms with E-state index < -0.39 is 20.9 Å². The molecule has 0 saturated heterocycles. The quantitative estimate of drug-likeness (QED) is 0.103. The first-order valence-electron chi connectivity index (χ1n) is 16.6. The van der Waals surface area contributed by atoms with E-state index in [9.17, 15) is 22.0 Å². The highest BCUT2D eigenvalue weighted by molar-refractivity contribution is 7.92. The maximum absolute atomic E-state index is 14.1. The molecular weight excluding hydrogens is 687 g/mol. The van der Waals surface area contributed by atoms with Gasteiger partial charge < -0.3 is 4.55 Å². The minimum absolute atomic E-state index is 0.134. The molecule has 10 rings (SSSR count). The molecule has 248 valence electrons. The fourth-order valence-corrected chi connectivity index (χ4v) is 10.1. The molecule has 8 heteroatoms. The van der Waals surface area contributed by atoms with Gasteiger partial charge in [-0.3, -0.25) is 13.4 Å². The molecule has 2 aliphatic rings. The number of rotatable bonds is 4. The molecule has 1 atom stereocenters. The Morgan fingerprint density at radius 1 is 0.654 bits per heavy atom. The topological polar surface area (TPSA) is 95.8 Å². The van der Waals surface area contributed by atoms with Crippen LogP contribution in [0.15, 0.2) is 153 Å². The van der Waals surface area contributed by atoms with Crippen molar-refractivity contribution < 1.29 is 17.2 Å². The number of nitrogens with zero attached hydrogens (tertiary/aromatic N) is 1. The molecule has 0 spiro atoms. The summed E-state index contributed by atoms with van der Waals surface area (Å²) in [5.41, 5.74) is 6.94. The van der Waals surface area contributed by atoms with Gasteiger partial charge >= 0.3 is 0 Å². The molecule has 0 radical (unpaired) electrons. The number of benzene rings is 6. The molecule has 2 aromatic heterocycles. The summed E-state index contributed by atoms with van der Waals surface area (Å²) in [4.78, 5) is 14.9. The van der Waals surface area contributed by atoms with Crippen molar-refractivity contribution in [3.05, 3.63) is 149 Å². The molecule has 0 fully saturated rings. The standard InChI is InChI=1S/C44H25NO5S2/c46-44-35-13-6-5-11-32(35)37-22-30(29-16-19-34-33-12-7-8-14-41(33)52(49,50)42(34)25-29)23-38-36-21-27(17-20-39(36)45(44)43(37)38)28-15-18-31(40(24-28)51(47)48)26-9-3-1-2-4-10-26/h1,3,5-9,11-25H,2H2,(H,47,48)/p-1. The summed E-state index contributed by atoms with van der Waals surface area (Å²) >= 11 is -2.52. The largest absolute Gasteiger partial charge is 0.768 e. The first-order valence-corrected chi connectivity index (χ1v) is 19.2. The molecule has 0 saturated carbocycles. The third-order valence-electron chi connectivity index (χ3n) is 10.2. The van der Waals surface area contributed by atoms with Crippen molar-refractivity contribution in [1.82, 2.24) is 4.40 Å². The van der Waals surface area contributed by atoms with Gasteiger partial charge in [0.05, 0.1) is 20.8 Å². The zero-order valence-corrected chi connectivity index (χ0v) is 28.8. The van der Waals surface area contributed by atoms with Crippen molar-refractivity contribution in [3.8, 4) is 45.2 Å². The zero-order valence-electron chi connectivity index (χ0n) is 27.2. The summed E-state index contributed by atoms with van der Waals surface area (Å²) in [6.07, 6.45) is 6.22. The molecule has 0 N–H and O–H groups in total. The molecule has 6 aromatic carbocycles. The Labute approximate surface area is 300 Å². The van der Waals surface area contributed by atoms with Crippen molar-refractivity contribution in [1.29, 1.82) is 0 Å². The monoisotopic (exact) mass is 710 g/mol. The fraction of sp³-hybridized carbons (Fsp3) is 0.0227. The molecule has 52 heavy (non-hydrogen) atoms. The van der Waals surface area contributed by atoms with Gasteiger partial charge in [-0.15, -0.1) is 0 Å². The lowest BCUT2D eigenvalue weighted by molar-refractivity contribution is 0.537. The summed E-state index contributed by atoms with van der Waals surface area (Å²) in [7, 11) is -3.69. The fourth-order valence-electron chi connectivity index (χ4n) is 7.82. The SMILES string of the molecule is O=c1c2ccccc2c2cc(-c3ccc4c(c3)S(=O)(=O)c3ccccc3-4)cc3c4cc(-c5ccc(C6=CC=CCC#C6)c(S(=O)[O-])c5)ccc4n1c23. The van der Waals surface area contributed by atoms with E-state index in [4.69, 9.17) is 0 Å². The van der Waals surface area contributed by atoms with E-state index in [0.717, 1.165) is 49.3 Å². The number of aromatic nitrogens is 1. The second-order valence-electron chi connectivity index (χ2n) is 13.0. The minimum Gasteiger partial charge on any atom is -0.768 e. The maximum atomic E-state index is 14.1. The predicted octanol–water partition coefficient (Wildman–Crippen LogP) is 8.93. The number of hydrogen-bond donors (Lipinski definition) is 0. The van der Waals surface area contributed by atoms with Gasteiger partial charge in [-0.1, -0.05) is 90.7 Å². The zero-order chi connectivity index (χ0) is 35.3. The minimum atomic E-state index is -3.69. The highest BCUT2D eigenvalue weighted by atomic mass is 32.2. The van der Waals surface area contributed by atoms with Crippen LogP contribution in [0.4, 0.5) is 0 Å². The summed E-state index contributed by atoms with van der Waals surface area (Å²) in [6.45, 7) is 0. The molecule has 1 aliphatic heterocycles. The van der Waals surface area contributed by atoms with E-state index in [1.807, 2.05) is 103 Å². The molecule has 1 aliphatic carbocycles. The summed E-state index contributed by atoms with van der Waals surface area (Å²) < 4.78 is 54.1. The molecule has 0 bridgehead atoms. The van der Waals surface area contributed by atoms with Crippen LogP contribution in [0.2, 0.25) is 0 Å². The normalized spacial score (nSPS) is 15.0. The number of allylic oxidation sites excluding steroid dienone is 4. The Bertz CT molecular complexity index is 3230. The third-order valence-corrected chi connectivity index (χ3v) is 12.8. The average Bonchev–Trinajstić information content (AvgIpc) is 3.43. The van der Waals surface area contributed by atoms with Crippen LogP contribution in [0.3, 0.4) is 0 Å². The maximum Gasteiger partial charge on any atom is 0.263 e. The van der Waals surface area contributed by atoms with Crippen LogP contribution in [-0.2, 0) is 20.9 Å². The first kappa shape index (κ1) is 30.7. The highest BCUT2D eigenvalue weighted by Gasteiger charge is 2.33. The molecular formula is C44H24NO5S2-. The Morgan fingerprint density at radius 2 is 1.31 bits per heavy atom. The van der Waals surface area contributed by atoms with Gasteiger partial charge in [0.1, 0.15) is 0 Å². The van der Waals surface area contributed by atoms with E-state index >= 15 is 0 Å². The van der Waals surface area contributed by atoms with E-state index in [-0.39, 0.29) is 15.4 Å². The van der Waals surface area contributed by atoms with Gasteiger partial charge in [0, 0.05) is 55.1 Å². The number of hydrogen-bond acceptors (Lipinski definition) is 5. The third kappa shape index (κ3) is 4.37. The van der Waals surface area contributed by atoms with Crippen LogP contribution in [0.25, 0.3) is 76.9 Å². The van der Waals surface area contributed by atoms with E-state index in [1.54, 1.807) is 34.7 Å². The van der Waals surface area contributed by atoms with Crippen molar-refractivity contribution in [2.75, 3.05) is 0 Å². The average molecular weight is 711 g/mol. The number of fused-ring (bicyclic) bond motifs is 8. The van der Waals surface area contributed by atoms with Gasteiger partial charge in [0.2, 0.25) is 9.84 Å². The Kier molecular flexibility index (Phi) is 6.61. The van der Waals surface area contributed by atoms with E-state index in [1.165, 1.54) is 0 Å². The molecule has 8 aromatic rings. The van der Waals surface area contributed by atoms with Gasteiger partial charge in [-0.25, -0.2) is 8.42 Å². The van der Waals surface area contributed by atoms with Crippen LogP contribution < -0.4 is 5.56 Å². The van der Waals surface area contributed by atoms with Crippen LogP contribution in [0.5, 0.6) is 0 Å². The van der Waals surface area contributed by atoms with Crippen molar-refractivity contribution in [2.24, 2.45) is 0 Å². The second kappa shape index (κ2) is 11.2. The van der Waals surface area contributed by atoms with Crippen molar-refractivity contribution in [2.45, 2.75) is 21.1 Å². The van der Waals surface area contributed by atoms with E-state index in [2.05, 4.69) is 11.8 Å².